The highest BCUT2D eigenvalue weighted by molar-refractivity contribution is 6.13. The Labute approximate surface area is 476 Å². The molecule has 23 heteroatoms. The second kappa shape index (κ2) is 31.5. The highest BCUT2D eigenvalue weighted by Crippen LogP contribution is 2.43. The highest BCUT2D eigenvalue weighted by Gasteiger charge is 2.46. The van der Waals surface area contributed by atoms with Crippen LogP contribution in [0.15, 0.2) is 35.1 Å². The van der Waals surface area contributed by atoms with E-state index in [1.54, 1.807) is 24.5 Å². The number of benzene rings is 1. The molecule has 1 aromatic carbocycles. The van der Waals surface area contributed by atoms with Gasteiger partial charge in [0.1, 0.15) is 12.4 Å². The summed E-state index contributed by atoms with van der Waals surface area (Å²) in [4.78, 5) is 108. The number of pyridine rings is 2. The van der Waals surface area contributed by atoms with Gasteiger partial charge < -0.3 is 62.9 Å². The van der Waals surface area contributed by atoms with Crippen molar-refractivity contribution >= 4 is 52.1 Å². The lowest BCUT2D eigenvalue weighted by Gasteiger charge is -2.31. The molecule has 3 N–H and O–H groups in total. The minimum absolute atomic E-state index is 0.0235. The fourth-order valence-corrected chi connectivity index (χ4v) is 10.3. The molecule has 3 aromatic rings. The van der Waals surface area contributed by atoms with Gasteiger partial charge in [-0.1, -0.05) is 26.8 Å². The number of nitrogens with zero attached hydrogens (tertiary/aromatic N) is 3. The fraction of sp³-hybridized carbons (Fsp3) is 0.610. The van der Waals surface area contributed by atoms with Gasteiger partial charge in [0.25, 0.3) is 17.4 Å². The molecule has 3 aliphatic heterocycles. The average Bonchev–Trinajstić information content (AvgIpc) is 1.91. The summed E-state index contributed by atoms with van der Waals surface area (Å²) in [6.45, 7) is 13.4. The lowest BCUT2D eigenvalue weighted by Crippen LogP contribution is -2.44. The summed E-state index contributed by atoms with van der Waals surface area (Å²) in [5.74, 6) is -3.26. The molecule has 0 radical (unpaired) electrons. The van der Waals surface area contributed by atoms with Gasteiger partial charge in [-0.15, -0.1) is 0 Å². The first-order valence-electron chi connectivity index (χ1n) is 28.5. The molecule has 0 saturated carbocycles. The molecule has 0 spiro atoms. The zero-order chi connectivity index (χ0) is 58.6. The monoisotopic (exact) mass is 1150 g/mol. The summed E-state index contributed by atoms with van der Waals surface area (Å²) in [5, 5.41) is 17.9. The van der Waals surface area contributed by atoms with Crippen LogP contribution in [0.3, 0.4) is 0 Å². The SMILES string of the molecule is CC[C@@]1(O)C(=O)OCc2c1cc1n(c2=O)Cc2c-1nc1ccc(CC(=O)[C@H](C)NC(=O)[C@@H](CC(=O)CCOCCOCCOCCOCCOCCOCCOCCOCCNC(=O)CCN3C(=O)C=CC3=O)C(C)C)c3c1c2CCC3. The van der Waals surface area contributed by atoms with Gasteiger partial charge in [-0.2, -0.15) is 0 Å². The summed E-state index contributed by atoms with van der Waals surface area (Å²) >= 11 is 0. The number of imide groups is 1. The minimum Gasteiger partial charge on any atom is -0.458 e. The summed E-state index contributed by atoms with van der Waals surface area (Å²) in [6, 6.07) is 4.72. The quantitative estimate of drug-likeness (QED) is 0.0328. The number of amides is 4. The van der Waals surface area contributed by atoms with E-state index in [9.17, 15) is 43.5 Å². The number of hydrogen-bond donors (Lipinski definition) is 3. The summed E-state index contributed by atoms with van der Waals surface area (Å²) < 4.78 is 51.0. The van der Waals surface area contributed by atoms with E-state index < -0.39 is 35.3 Å². The van der Waals surface area contributed by atoms with Gasteiger partial charge in [-0.05, 0) is 67.3 Å². The van der Waals surface area contributed by atoms with Gasteiger partial charge in [0.2, 0.25) is 11.8 Å². The first kappa shape index (κ1) is 63.4. The number of aryl methyl sites for hydroxylation is 2. The maximum Gasteiger partial charge on any atom is 0.343 e. The van der Waals surface area contributed by atoms with E-state index in [-0.39, 0.29) is 97.8 Å². The second-order valence-corrected chi connectivity index (χ2v) is 20.8. The fourth-order valence-electron chi connectivity index (χ4n) is 10.3. The van der Waals surface area contributed by atoms with Crippen molar-refractivity contribution in [2.75, 3.05) is 119 Å². The Morgan fingerprint density at radius 2 is 1.28 bits per heavy atom. The van der Waals surface area contributed by atoms with Crippen LogP contribution in [0.5, 0.6) is 0 Å². The second-order valence-electron chi connectivity index (χ2n) is 20.8. The molecule has 0 fully saturated rings. The third-order valence-electron chi connectivity index (χ3n) is 15.0. The standard InChI is InChI=1S/C59H79N5O18/c1-5-59(73)47-35-49-55-45(36-64(49)57(71)46(47)37-82-58(59)72)43-8-6-7-42-40(9-10-48(62-55)54(42)43)33-50(66)39(4)61-56(70)44(38(2)3)34-41(65)14-17-74-19-21-76-23-25-78-27-29-80-31-32-81-30-28-79-26-24-77-22-20-75-18-15-60-51(67)13-16-63-52(68)11-12-53(63)69/h9-12,35,38-39,44,73H,5-8,13-34,36-37H2,1-4H3,(H,60,67)(H,61,70)/t39-,44-,59-/m0/s1. The molecule has 3 atom stereocenters. The van der Waals surface area contributed by atoms with E-state index in [1.165, 1.54) is 12.2 Å². The van der Waals surface area contributed by atoms with Gasteiger partial charge in [-0.25, -0.2) is 9.78 Å². The van der Waals surface area contributed by atoms with Crippen molar-refractivity contribution in [3.8, 4) is 11.4 Å². The predicted molar refractivity (Wildman–Crippen MR) is 295 cm³/mol. The molecule has 23 nitrogen and oxygen atoms in total. The van der Waals surface area contributed by atoms with Gasteiger partial charge in [0, 0.05) is 73.4 Å². The molecule has 448 valence electrons. The molecular formula is C59H79N5O18. The molecule has 0 bridgehead atoms. The molecule has 4 amide bonds. The highest BCUT2D eigenvalue weighted by atomic mass is 16.6. The van der Waals surface area contributed by atoms with Gasteiger partial charge in [0.05, 0.1) is 141 Å². The number of hydrogen-bond acceptors (Lipinski definition) is 19. The molecule has 4 aliphatic rings. The van der Waals surface area contributed by atoms with Crippen LogP contribution in [0, 0.1) is 11.8 Å². The lowest BCUT2D eigenvalue weighted by molar-refractivity contribution is -0.172. The number of cyclic esters (lactones) is 1. The van der Waals surface area contributed by atoms with Crippen molar-refractivity contribution in [3.63, 3.8) is 0 Å². The number of esters is 1. The van der Waals surface area contributed by atoms with E-state index in [0.29, 0.717) is 124 Å². The van der Waals surface area contributed by atoms with E-state index in [4.69, 9.17) is 47.6 Å². The van der Waals surface area contributed by atoms with Gasteiger partial charge in [-0.3, -0.25) is 38.5 Å². The molecule has 0 saturated heterocycles. The molecule has 2 aromatic heterocycles. The van der Waals surface area contributed by atoms with E-state index in [1.807, 2.05) is 26.0 Å². The number of ether oxygens (including phenoxy) is 9. The van der Waals surface area contributed by atoms with Crippen molar-refractivity contribution in [1.29, 1.82) is 0 Å². The Bertz CT molecular complexity index is 2830. The number of rotatable bonds is 39. The van der Waals surface area contributed by atoms with Gasteiger partial charge >= 0.3 is 5.97 Å². The Balaban J connectivity index is 0.676. The van der Waals surface area contributed by atoms with Crippen LogP contribution < -0.4 is 16.2 Å². The molecule has 7 rings (SSSR count). The Morgan fingerprint density at radius 1 is 0.720 bits per heavy atom. The molecular weight excluding hydrogens is 1070 g/mol. The van der Waals surface area contributed by atoms with Crippen molar-refractivity contribution < 1.29 is 81.3 Å². The maximum atomic E-state index is 13.8. The zero-order valence-electron chi connectivity index (χ0n) is 47.6. The van der Waals surface area contributed by atoms with E-state index in [0.717, 1.165) is 57.3 Å². The molecule has 1 aliphatic carbocycles. The first-order chi connectivity index (χ1) is 39.6. The third kappa shape index (κ3) is 16.8. The van der Waals surface area contributed by atoms with Crippen LogP contribution in [0.1, 0.15) is 93.2 Å². The van der Waals surface area contributed by atoms with Crippen LogP contribution in [0.25, 0.3) is 22.3 Å². The van der Waals surface area contributed by atoms with Gasteiger partial charge in [0.15, 0.2) is 11.4 Å². The third-order valence-corrected chi connectivity index (χ3v) is 15.0. The number of aromatic nitrogens is 2. The lowest BCUT2D eigenvalue weighted by atomic mass is 9.83. The average molecular weight is 1150 g/mol. The van der Waals surface area contributed by atoms with Crippen molar-refractivity contribution in [2.45, 2.75) is 104 Å². The van der Waals surface area contributed by atoms with Crippen LogP contribution in [0.2, 0.25) is 0 Å². The van der Waals surface area contributed by atoms with Crippen molar-refractivity contribution in [3.05, 3.63) is 74.1 Å². The van der Waals surface area contributed by atoms with Crippen molar-refractivity contribution in [2.24, 2.45) is 11.8 Å². The molecule has 82 heavy (non-hydrogen) atoms. The number of ketones is 2. The number of carbonyl (C=O) groups excluding carboxylic acids is 7. The van der Waals surface area contributed by atoms with E-state index >= 15 is 0 Å². The normalized spacial score (nSPS) is 16.8. The van der Waals surface area contributed by atoms with Crippen LogP contribution in [0.4, 0.5) is 0 Å². The Morgan fingerprint density at radius 3 is 1.85 bits per heavy atom. The maximum absolute atomic E-state index is 13.8. The summed E-state index contributed by atoms with van der Waals surface area (Å²) in [5.41, 5.74) is 4.13. The number of carbonyl (C=O) groups is 7. The van der Waals surface area contributed by atoms with Crippen molar-refractivity contribution in [1.82, 2.24) is 25.1 Å². The van der Waals surface area contributed by atoms with E-state index in [2.05, 4.69) is 10.6 Å². The zero-order valence-corrected chi connectivity index (χ0v) is 47.6. The predicted octanol–water partition coefficient (Wildman–Crippen LogP) is 2.37. The number of fused-ring (bicyclic) bond motifs is 5. The van der Waals surface area contributed by atoms with Crippen LogP contribution in [-0.2, 0) is 114 Å². The van der Waals surface area contributed by atoms with Crippen LogP contribution in [-0.4, -0.2) is 186 Å². The Kier molecular flexibility index (Phi) is 24.4. The smallest absolute Gasteiger partial charge is 0.343 e. The minimum atomic E-state index is -1.92. The Hall–Kier alpha value is -6.15. The molecule has 5 heterocycles. The number of Topliss-reactive ketones (excluding diaryl/α,β-unsaturated/α-hetero) is 2. The first-order valence-corrected chi connectivity index (χ1v) is 28.5. The number of nitrogens with one attached hydrogen (secondary N) is 2. The molecule has 0 unspecified atom stereocenters. The number of aliphatic hydroxyl groups is 1. The largest absolute Gasteiger partial charge is 0.458 e. The summed E-state index contributed by atoms with van der Waals surface area (Å²) in [6.07, 6.45) is 5.05. The topological polar surface area (TPSA) is 285 Å². The van der Waals surface area contributed by atoms with Crippen LogP contribution >= 0.6 is 0 Å². The summed E-state index contributed by atoms with van der Waals surface area (Å²) in [7, 11) is 0.